The number of aliphatic hydroxyl groups excluding tert-OH is 1. The molecule has 0 unspecified atom stereocenters. The van der Waals surface area contributed by atoms with E-state index in [4.69, 9.17) is 19.2 Å². The number of benzene rings is 3. The summed E-state index contributed by atoms with van der Waals surface area (Å²) in [6.45, 7) is 5.79. The van der Waals surface area contributed by atoms with Gasteiger partial charge >= 0.3 is 5.91 Å². The first kappa shape index (κ1) is 26.2. The van der Waals surface area contributed by atoms with E-state index in [1.807, 2.05) is 32.9 Å². The van der Waals surface area contributed by atoms with Gasteiger partial charge in [-0.15, -0.1) is 0 Å². The van der Waals surface area contributed by atoms with Gasteiger partial charge in [0.2, 0.25) is 0 Å². The first-order valence-corrected chi connectivity index (χ1v) is 13.1. The molecule has 1 fully saturated rings. The van der Waals surface area contributed by atoms with Crippen molar-refractivity contribution >= 4 is 44.1 Å². The lowest BCUT2D eigenvalue weighted by molar-refractivity contribution is -0.132. The Kier molecular flexibility index (Phi) is 6.78. The Hall–Kier alpha value is -4.37. The highest BCUT2D eigenvalue weighted by molar-refractivity contribution is 7.22. The summed E-state index contributed by atoms with van der Waals surface area (Å²) in [7, 11) is 4.56. The standard InChI is InChI=1S/C30H28N2O6S/c1-15-12-17(3)24-22(13-15)39-30(31-24)32-25(19-8-7-9-21(37-5)28(19)38-6)23(27(34)29(32)35)26(33)18-10-11-20(36-4)16(2)14-18/h7-14,25,33H,1-6H3/b26-23+/t25-/m0/s1. The van der Waals surface area contributed by atoms with Gasteiger partial charge in [0.25, 0.3) is 5.78 Å². The number of para-hydroxylation sites is 1. The molecule has 1 aliphatic heterocycles. The average molecular weight is 545 g/mol. The van der Waals surface area contributed by atoms with Crippen LogP contribution in [-0.4, -0.2) is 43.1 Å². The smallest absolute Gasteiger partial charge is 0.301 e. The van der Waals surface area contributed by atoms with E-state index in [9.17, 15) is 14.7 Å². The lowest BCUT2D eigenvalue weighted by Gasteiger charge is -2.25. The third kappa shape index (κ3) is 4.28. The summed E-state index contributed by atoms with van der Waals surface area (Å²) < 4.78 is 17.5. The molecule has 5 rings (SSSR count). The third-order valence-electron chi connectivity index (χ3n) is 6.87. The summed E-state index contributed by atoms with van der Waals surface area (Å²) in [4.78, 5) is 33.5. The maximum Gasteiger partial charge on any atom is 0.301 e. The van der Waals surface area contributed by atoms with Gasteiger partial charge in [0.1, 0.15) is 17.6 Å². The van der Waals surface area contributed by atoms with Crippen LogP contribution in [0.4, 0.5) is 5.13 Å². The molecular weight excluding hydrogens is 516 g/mol. The van der Waals surface area contributed by atoms with E-state index < -0.39 is 17.7 Å². The summed E-state index contributed by atoms with van der Waals surface area (Å²) in [5, 5.41) is 11.9. The van der Waals surface area contributed by atoms with Crippen LogP contribution < -0.4 is 19.1 Å². The molecule has 0 aliphatic carbocycles. The van der Waals surface area contributed by atoms with Gasteiger partial charge in [-0.25, -0.2) is 4.98 Å². The van der Waals surface area contributed by atoms with Crippen molar-refractivity contribution in [1.29, 1.82) is 0 Å². The number of anilines is 1. The first-order chi connectivity index (χ1) is 18.7. The summed E-state index contributed by atoms with van der Waals surface area (Å²) in [5.74, 6) is -0.491. The van der Waals surface area contributed by atoms with Gasteiger partial charge in [-0.2, -0.15) is 0 Å². The highest BCUT2D eigenvalue weighted by Gasteiger charge is 2.49. The van der Waals surface area contributed by atoms with Crippen molar-refractivity contribution in [2.45, 2.75) is 26.8 Å². The maximum absolute atomic E-state index is 13.7. The fraction of sp³-hybridized carbons (Fsp3) is 0.233. The molecule has 1 amide bonds. The molecule has 8 nitrogen and oxygen atoms in total. The highest BCUT2D eigenvalue weighted by Crippen LogP contribution is 2.48. The normalized spacial score (nSPS) is 16.7. The number of ether oxygens (including phenoxy) is 3. The molecule has 39 heavy (non-hydrogen) atoms. The summed E-state index contributed by atoms with van der Waals surface area (Å²) >= 11 is 1.32. The molecule has 0 saturated carbocycles. The molecule has 0 spiro atoms. The average Bonchev–Trinajstić information content (AvgIpc) is 3.45. The van der Waals surface area contributed by atoms with Crippen LogP contribution in [0.15, 0.2) is 54.1 Å². The minimum atomic E-state index is -1.01. The number of Topliss-reactive ketones (excluding diaryl/α,β-unsaturated/α-hetero) is 1. The number of aryl methyl sites for hydroxylation is 3. The number of carbonyl (C=O) groups is 2. The summed E-state index contributed by atoms with van der Waals surface area (Å²) in [6.07, 6.45) is 0. The van der Waals surface area contributed by atoms with Crippen LogP contribution in [0.25, 0.3) is 16.0 Å². The predicted molar refractivity (Wildman–Crippen MR) is 151 cm³/mol. The van der Waals surface area contributed by atoms with Crippen LogP contribution in [0.3, 0.4) is 0 Å². The Labute approximate surface area is 230 Å². The molecule has 1 N–H and O–H groups in total. The fourth-order valence-corrected chi connectivity index (χ4v) is 6.26. The lowest BCUT2D eigenvalue weighted by Crippen LogP contribution is -2.29. The maximum atomic E-state index is 13.7. The summed E-state index contributed by atoms with van der Waals surface area (Å²) in [5.41, 5.74) is 4.35. The fourth-order valence-electron chi connectivity index (χ4n) is 5.09. The van der Waals surface area contributed by atoms with Gasteiger partial charge in [-0.3, -0.25) is 14.5 Å². The van der Waals surface area contributed by atoms with Crippen molar-refractivity contribution in [3.05, 3.63) is 81.9 Å². The molecule has 1 aliphatic rings. The number of thiazole rings is 1. The monoisotopic (exact) mass is 544 g/mol. The largest absolute Gasteiger partial charge is 0.507 e. The van der Waals surface area contributed by atoms with Crippen molar-refractivity contribution in [3.63, 3.8) is 0 Å². The Bertz CT molecular complexity index is 1670. The van der Waals surface area contributed by atoms with E-state index in [-0.39, 0.29) is 11.3 Å². The van der Waals surface area contributed by atoms with E-state index in [0.29, 0.717) is 33.5 Å². The number of fused-ring (bicyclic) bond motifs is 1. The Morgan fingerprint density at radius 3 is 2.33 bits per heavy atom. The minimum absolute atomic E-state index is 0.0664. The van der Waals surface area contributed by atoms with Crippen LogP contribution in [0.1, 0.15) is 33.9 Å². The van der Waals surface area contributed by atoms with Gasteiger partial charge < -0.3 is 19.3 Å². The quantitative estimate of drug-likeness (QED) is 0.184. The number of methoxy groups -OCH3 is 3. The zero-order valence-corrected chi connectivity index (χ0v) is 23.3. The van der Waals surface area contributed by atoms with E-state index in [1.54, 1.807) is 43.5 Å². The van der Waals surface area contributed by atoms with Gasteiger partial charge in [-0.05, 0) is 67.8 Å². The topological polar surface area (TPSA) is 98.2 Å². The van der Waals surface area contributed by atoms with Gasteiger partial charge in [0, 0.05) is 11.1 Å². The van der Waals surface area contributed by atoms with E-state index in [0.717, 1.165) is 26.9 Å². The number of rotatable bonds is 6. The minimum Gasteiger partial charge on any atom is -0.507 e. The molecule has 4 aromatic rings. The van der Waals surface area contributed by atoms with Crippen LogP contribution in [-0.2, 0) is 9.59 Å². The second-order valence-corrected chi connectivity index (χ2v) is 10.4. The molecule has 1 aromatic heterocycles. The van der Waals surface area contributed by atoms with Crippen molar-refractivity contribution in [2.75, 3.05) is 26.2 Å². The van der Waals surface area contributed by atoms with Crippen molar-refractivity contribution in [3.8, 4) is 17.2 Å². The van der Waals surface area contributed by atoms with Crippen molar-refractivity contribution in [2.24, 2.45) is 0 Å². The van der Waals surface area contributed by atoms with Gasteiger partial charge in [-0.1, -0.05) is 29.5 Å². The number of aromatic nitrogens is 1. The molecule has 1 saturated heterocycles. The Morgan fingerprint density at radius 1 is 0.923 bits per heavy atom. The predicted octanol–water partition coefficient (Wildman–Crippen LogP) is 5.87. The number of hydrogen-bond acceptors (Lipinski definition) is 8. The lowest BCUT2D eigenvalue weighted by atomic mass is 9.94. The second kappa shape index (κ2) is 10.1. The Balaban J connectivity index is 1.79. The highest BCUT2D eigenvalue weighted by atomic mass is 32.1. The van der Waals surface area contributed by atoms with Crippen molar-refractivity contribution in [1.82, 2.24) is 4.98 Å². The SMILES string of the molecule is COc1ccc(/C(O)=C2\C(=O)C(=O)N(c3nc4c(C)cc(C)cc4s3)[C@H]2c2cccc(OC)c2OC)cc1C. The molecule has 2 heterocycles. The van der Waals surface area contributed by atoms with Crippen LogP contribution >= 0.6 is 11.3 Å². The van der Waals surface area contributed by atoms with Crippen LogP contribution in [0.2, 0.25) is 0 Å². The summed E-state index contributed by atoms with van der Waals surface area (Å²) in [6, 6.07) is 13.3. The first-order valence-electron chi connectivity index (χ1n) is 12.2. The second-order valence-electron chi connectivity index (χ2n) is 9.36. The number of ketones is 1. The Morgan fingerprint density at radius 2 is 1.67 bits per heavy atom. The van der Waals surface area contributed by atoms with Gasteiger partial charge in [0.05, 0.1) is 37.1 Å². The van der Waals surface area contributed by atoms with E-state index >= 15 is 0 Å². The number of amides is 1. The third-order valence-corrected chi connectivity index (χ3v) is 7.87. The number of aliphatic hydroxyl groups is 1. The molecule has 200 valence electrons. The molecular formula is C30H28N2O6S. The molecule has 0 bridgehead atoms. The van der Waals surface area contributed by atoms with Gasteiger partial charge in [0.15, 0.2) is 16.6 Å². The zero-order valence-electron chi connectivity index (χ0n) is 22.5. The molecule has 0 radical (unpaired) electrons. The van der Waals surface area contributed by atoms with E-state index in [1.165, 1.54) is 30.5 Å². The van der Waals surface area contributed by atoms with Crippen LogP contribution in [0.5, 0.6) is 17.2 Å². The van der Waals surface area contributed by atoms with Crippen LogP contribution in [0, 0.1) is 20.8 Å². The van der Waals surface area contributed by atoms with Crippen molar-refractivity contribution < 1.29 is 28.9 Å². The molecule has 1 atom stereocenters. The number of hydrogen-bond donors (Lipinski definition) is 1. The number of nitrogens with zero attached hydrogens (tertiary/aromatic N) is 2. The zero-order chi connectivity index (χ0) is 28.0. The molecule has 3 aromatic carbocycles. The number of carbonyl (C=O) groups excluding carboxylic acids is 2. The molecule has 9 heteroatoms. The van der Waals surface area contributed by atoms with E-state index in [2.05, 4.69) is 0 Å².